The number of rotatable bonds is 6. The number of epoxide rings is 1. The van der Waals surface area contributed by atoms with Crippen molar-refractivity contribution >= 4 is 17.5 Å². The van der Waals surface area contributed by atoms with Crippen LogP contribution in [0, 0.1) is 33.5 Å². The maximum Gasteiger partial charge on any atom is 0.306 e. The van der Waals surface area contributed by atoms with Crippen molar-refractivity contribution in [1.29, 1.82) is 0 Å². The highest BCUT2D eigenvalue weighted by molar-refractivity contribution is 6.03. The number of ketones is 2. The van der Waals surface area contributed by atoms with Gasteiger partial charge in [0.25, 0.3) is 0 Å². The van der Waals surface area contributed by atoms with Crippen molar-refractivity contribution in [3.63, 3.8) is 0 Å². The van der Waals surface area contributed by atoms with Gasteiger partial charge in [-0.05, 0) is 67.1 Å². The first-order chi connectivity index (χ1) is 17.3. The number of aliphatic carboxylic acids is 1. The number of carbonyl (C=O) groups is 3. The van der Waals surface area contributed by atoms with Crippen LogP contribution in [-0.4, -0.2) is 67.5 Å². The quantitative estimate of drug-likeness (QED) is 0.303. The molecular weight excluding hydrogens is 488 g/mol. The number of hydrogen-bond donors (Lipinski definition) is 4. The number of allylic oxidation sites excluding steroid dienone is 1. The van der Waals surface area contributed by atoms with E-state index >= 15 is 0 Å². The summed E-state index contributed by atoms with van der Waals surface area (Å²) >= 11 is 0. The highest BCUT2D eigenvalue weighted by Gasteiger charge is 2.85. The van der Waals surface area contributed by atoms with Crippen molar-refractivity contribution in [2.24, 2.45) is 33.5 Å². The molecule has 0 aromatic carbocycles. The average Bonchev–Trinajstić information content (AvgIpc) is 3.48. The Morgan fingerprint density at radius 2 is 1.82 bits per heavy atom. The summed E-state index contributed by atoms with van der Waals surface area (Å²) in [5, 5.41) is 43.5. The summed E-state index contributed by atoms with van der Waals surface area (Å²) in [5.74, 6) is -2.55. The summed E-state index contributed by atoms with van der Waals surface area (Å²) in [6, 6.07) is 0. The molecule has 1 saturated heterocycles. The number of carbonyl (C=O) groups excluding carboxylic acids is 2. The second-order valence-corrected chi connectivity index (χ2v) is 14.1. The molecule has 4 aliphatic carbocycles. The van der Waals surface area contributed by atoms with Gasteiger partial charge in [0.1, 0.15) is 11.4 Å². The first kappa shape index (κ1) is 27.7. The van der Waals surface area contributed by atoms with E-state index < -0.39 is 51.9 Å². The molecule has 0 aromatic rings. The van der Waals surface area contributed by atoms with E-state index in [0.717, 1.165) is 5.57 Å². The highest BCUT2D eigenvalue weighted by atomic mass is 16.6. The third kappa shape index (κ3) is 3.09. The largest absolute Gasteiger partial charge is 0.481 e. The summed E-state index contributed by atoms with van der Waals surface area (Å²) in [6.45, 7) is 12.8. The van der Waals surface area contributed by atoms with Gasteiger partial charge in [-0.15, -0.1) is 0 Å². The molecule has 38 heavy (non-hydrogen) atoms. The SMILES string of the molecule is CC(CC(=O)CC(C)(O)C1=CC(=O)[C@]2(C)[C@]1(C)[C@@H](O)C=C1[C@@]3(C)CC[C@H](O)C(C)(C)[C@@H]3C[C@H]3O[C@@]132)C(=O)O. The monoisotopic (exact) mass is 530 g/mol. The van der Waals surface area contributed by atoms with E-state index in [1.807, 2.05) is 13.0 Å². The van der Waals surface area contributed by atoms with Gasteiger partial charge >= 0.3 is 5.97 Å². The zero-order valence-corrected chi connectivity index (χ0v) is 23.5. The minimum Gasteiger partial charge on any atom is -0.481 e. The fourth-order valence-electron chi connectivity index (χ4n) is 9.22. The van der Waals surface area contributed by atoms with Crippen LogP contribution in [0.2, 0.25) is 0 Å². The molecule has 0 amide bonds. The summed E-state index contributed by atoms with van der Waals surface area (Å²) in [4.78, 5) is 38.0. The summed E-state index contributed by atoms with van der Waals surface area (Å²) in [7, 11) is 0. The predicted molar refractivity (Wildman–Crippen MR) is 138 cm³/mol. The average molecular weight is 531 g/mol. The molecule has 0 bridgehead atoms. The molecule has 10 atom stereocenters. The first-order valence-electron chi connectivity index (χ1n) is 13.8. The highest BCUT2D eigenvalue weighted by Crippen LogP contribution is 2.78. The van der Waals surface area contributed by atoms with E-state index in [9.17, 15) is 34.8 Å². The Morgan fingerprint density at radius 1 is 1.18 bits per heavy atom. The van der Waals surface area contributed by atoms with Crippen molar-refractivity contribution in [2.75, 3.05) is 0 Å². The summed E-state index contributed by atoms with van der Waals surface area (Å²) in [5.41, 5.74) is -4.68. The topological polar surface area (TPSA) is 145 Å². The lowest BCUT2D eigenvalue weighted by molar-refractivity contribution is -0.146. The van der Waals surface area contributed by atoms with Crippen LogP contribution in [0.5, 0.6) is 0 Å². The van der Waals surface area contributed by atoms with Gasteiger partial charge in [-0.2, -0.15) is 0 Å². The van der Waals surface area contributed by atoms with Crippen LogP contribution in [0.15, 0.2) is 23.3 Å². The number of hydrogen-bond acceptors (Lipinski definition) is 7. The Morgan fingerprint density at radius 3 is 2.42 bits per heavy atom. The fraction of sp³-hybridized carbons (Fsp3) is 0.767. The van der Waals surface area contributed by atoms with Crippen LogP contribution in [0.25, 0.3) is 0 Å². The van der Waals surface area contributed by atoms with E-state index in [-0.39, 0.29) is 47.0 Å². The summed E-state index contributed by atoms with van der Waals surface area (Å²) in [6.07, 6.45) is 2.83. The number of aliphatic hydroxyl groups is 3. The Hall–Kier alpha value is -1.87. The van der Waals surface area contributed by atoms with E-state index in [0.29, 0.717) is 19.3 Å². The Balaban J connectivity index is 1.56. The second kappa shape index (κ2) is 7.87. The Kier molecular flexibility index (Phi) is 5.73. The third-order valence-electron chi connectivity index (χ3n) is 11.8. The van der Waals surface area contributed by atoms with E-state index in [2.05, 4.69) is 20.8 Å². The van der Waals surface area contributed by atoms with Gasteiger partial charge in [-0.1, -0.05) is 40.7 Å². The molecule has 5 rings (SSSR count). The van der Waals surface area contributed by atoms with Gasteiger partial charge < -0.3 is 25.2 Å². The molecule has 8 nitrogen and oxygen atoms in total. The molecule has 2 unspecified atom stereocenters. The van der Waals surface area contributed by atoms with Crippen molar-refractivity contribution < 1.29 is 39.5 Å². The molecule has 8 heteroatoms. The molecule has 5 aliphatic rings. The molecule has 210 valence electrons. The number of carboxylic acid groups (broad SMARTS) is 1. The number of fused-ring (bicyclic) bond motifs is 3. The molecule has 1 aliphatic heterocycles. The van der Waals surface area contributed by atoms with Crippen LogP contribution in [0.4, 0.5) is 0 Å². The van der Waals surface area contributed by atoms with Crippen LogP contribution in [0.1, 0.15) is 80.6 Å². The maximum atomic E-state index is 14.0. The van der Waals surface area contributed by atoms with Crippen LogP contribution >= 0.6 is 0 Å². The van der Waals surface area contributed by atoms with Gasteiger partial charge in [0.2, 0.25) is 0 Å². The Bertz CT molecular complexity index is 1180. The molecule has 2 saturated carbocycles. The van der Waals surface area contributed by atoms with Crippen molar-refractivity contribution in [2.45, 2.75) is 110 Å². The molecule has 0 radical (unpaired) electrons. The van der Waals surface area contributed by atoms with Crippen molar-refractivity contribution in [3.8, 4) is 0 Å². The molecule has 3 fully saturated rings. The minimum absolute atomic E-state index is 0.103. The number of carboxylic acids is 1. The summed E-state index contributed by atoms with van der Waals surface area (Å²) < 4.78 is 6.55. The zero-order valence-electron chi connectivity index (χ0n) is 23.5. The lowest BCUT2D eigenvalue weighted by Crippen LogP contribution is -2.66. The smallest absolute Gasteiger partial charge is 0.306 e. The van der Waals surface area contributed by atoms with Gasteiger partial charge in [0.05, 0.1) is 35.2 Å². The van der Waals surface area contributed by atoms with Crippen LogP contribution in [0.3, 0.4) is 0 Å². The van der Waals surface area contributed by atoms with Crippen molar-refractivity contribution in [1.82, 2.24) is 0 Å². The Labute approximate surface area is 224 Å². The number of Topliss-reactive ketones (excluding diaryl/α,β-unsaturated/α-hetero) is 1. The normalized spacial score (nSPS) is 46.8. The molecule has 1 spiro atoms. The zero-order chi connectivity index (χ0) is 28.4. The fourth-order valence-corrected chi connectivity index (χ4v) is 9.22. The number of aliphatic hydroxyl groups excluding tert-OH is 2. The van der Waals surface area contributed by atoms with Crippen LogP contribution < -0.4 is 0 Å². The molecule has 4 N–H and O–H groups in total. The van der Waals surface area contributed by atoms with Gasteiger partial charge in [0, 0.05) is 18.3 Å². The van der Waals surface area contributed by atoms with Gasteiger partial charge in [-0.3, -0.25) is 14.4 Å². The van der Waals surface area contributed by atoms with E-state index in [1.165, 1.54) is 19.9 Å². The van der Waals surface area contributed by atoms with Gasteiger partial charge in [0.15, 0.2) is 5.78 Å². The van der Waals surface area contributed by atoms with Gasteiger partial charge in [-0.25, -0.2) is 0 Å². The number of ether oxygens (including phenoxy) is 1. The second-order valence-electron chi connectivity index (χ2n) is 14.1. The molecule has 0 aromatic heterocycles. The lowest BCUT2D eigenvalue weighted by Gasteiger charge is -2.62. The third-order valence-corrected chi connectivity index (χ3v) is 11.8. The van der Waals surface area contributed by atoms with Crippen LogP contribution in [-0.2, 0) is 19.1 Å². The van der Waals surface area contributed by atoms with E-state index in [1.54, 1.807) is 6.92 Å². The first-order valence-corrected chi connectivity index (χ1v) is 13.8. The lowest BCUT2D eigenvalue weighted by atomic mass is 9.40. The minimum atomic E-state index is -1.76. The predicted octanol–water partition coefficient (Wildman–Crippen LogP) is 2.97. The maximum absolute atomic E-state index is 14.0. The standard InChI is InChI=1S/C30H42O8/c1-15(24(35)36)10-16(31)14-27(5,37)19-12-22(34)29(7)28(19,6)21(33)11-18-26(4)9-8-20(32)25(2,3)17(26)13-23-30(18,29)38-23/h11-12,15,17,20-21,23,32-33,37H,8-10,13-14H2,1-7H3,(H,35,36)/t15?,17-,20-,21-,23+,26-,27?,28-,29+,30-/m0/s1. The molecular formula is C30H42O8. The molecule has 1 heterocycles. The van der Waals surface area contributed by atoms with Crippen molar-refractivity contribution in [3.05, 3.63) is 23.3 Å². The van der Waals surface area contributed by atoms with E-state index in [4.69, 9.17) is 4.74 Å².